The van der Waals surface area contributed by atoms with Gasteiger partial charge in [-0.05, 0) is 42.2 Å². The van der Waals surface area contributed by atoms with Gasteiger partial charge >= 0.3 is 23.8 Å². The monoisotopic (exact) mass is 910 g/mol. The standard InChI is InChI=1S/C40H53F3N8O13/c1-19(2)13-25(34(60)45-22(18-52)16-40(41,42)43)49-37(63)30(39(4,5)6)50-36(62)26(14-21-10-8-7-9-20(21)3)48-33(59)24(11-12-28(53)54)46-35(61)27(15-29(55)56)47-31(57)23-17-44-38(64)51-32(23)58/h7-10,17-19,22,24-27,30H,11-16H2,1-6H3,(H,45,60)(H,46,61)(H,47,57)(H,48,59)(H,49,63)(H,50,62)(H,53,54)(H,55,56)(H2,44,51,58,64)/t22-,24-,25-,26-,27-,30+/m0/s1. The third-order valence-corrected chi connectivity index (χ3v) is 9.36. The van der Waals surface area contributed by atoms with Crippen molar-refractivity contribution in [3.8, 4) is 0 Å². The molecule has 0 fully saturated rings. The van der Waals surface area contributed by atoms with Gasteiger partial charge in [0, 0.05) is 19.0 Å². The number of carboxylic acids is 2. The lowest BCUT2D eigenvalue weighted by atomic mass is 9.85. The molecule has 1 aromatic carbocycles. The lowest BCUT2D eigenvalue weighted by molar-refractivity contribution is -0.147. The average molecular weight is 911 g/mol. The highest BCUT2D eigenvalue weighted by Crippen LogP contribution is 2.23. The van der Waals surface area contributed by atoms with Crippen LogP contribution in [0, 0.1) is 18.3 Å². The number of carbonyl (C=O) groups excluding carboxylic acids is 7. The summed E-state index contributed by atoms with van der Waals surface area (Å²) in [4.78, 5) is 144. The second kappa shape index (κ2) is 23.5. The minimum Gasteiger partial charge on any atom is -0.481 e. The molecule has 352 valence electrons. The Labute approximate surface area is 363 Å². The van der Waals surface area contributed by atoms with Crippen LogP contribution in [0.25, 0.3) is 0 Å². The molecule has 2 aromatic rings. The Bertz CT molecular complexity index is 2170. The molecule has 6 atom stereocenters. The number of H-pyrrole nitrogens is 2. The molecule has 21 nitrogen and oxygen atoms in total. The van der Waals surface area contributed by atoms with E-state index in [0.29, 0.717) is 17.3 Å². The van der Waals surface area contributed by atoms with Crippen molar-refractivity contribution < 1.29 is 66.5 Å². The summed E-state index contributed by atoms with van der Waals surface area (Å²) >= 11 is 0. The van der Waals surface area contributed by atoms with E-state index in [-0.39, 0.29) is 25.0 Å². The first-order valence-electron chi connectivity index (χ1n) is 19.8. The highest BCUT2D eigenvalue weighted by atomic mass is 19.4. The maximum absolute atomic E-state index is 14.2. The molecule has 0 radical (unpaired) electrons. The van der Waals surface area contributed by atoms with Gasteiger partial charge in [-0.1, -0.05) is 58.9 Å². The van der Waals surface area contributed by atoms with Gasteiger partial charge in [0.2, 0.25) is 29.5 Å². The normalized spacial score (nSPS) is 14.3. The van der Waals surface area contributed by atoms with Crippen molar-refractivity contribution in [2.75, 3.05) is 0 Å². The first kappa shape index (κ1) is 53.3. The predicted molar refractivity (Wildman–Crippen MR) is 218 cm³/mol. The first-order chi connectivity index (χ1) is 29.6. The summed E-state index contributed by atoms with van der Waals surface area (Å²) in [5.41, 5.74) is -2.89. The number of aromatic nitrogens is 2. The number of rotatable bonds is 23. The Morgan fingerprint density at radius 2 is 1.31 bits per heavy atom. The molecular weight excluding hydrogens is 857 g/mol. The largest absolute Gasteiger partial charge is 0.481 e. The van der Waals surface area contributed by atoms with E-state index >= 15 is 0 Å². The third-order valence-electron chi connectivity index (χ3n) is 9.36. The molecule has 0 unspecified atom stereocenters. The second-order valence-electron chi connectivity index (χ2n) is 16.4. The first-order valence-corrected chi connectivity index (χ1v) is 19.8. The molecule has 6 amide bonds. The fraction of sp³-hybridized carbons (Fsp3) is 0.525. The van der Waals surface area contributed by atoms with Crippen molar-refractivity contribution in [3.63, 3.8) is 0 Å². The van der Waals surface area contributed by atoms with Gasteiger partial charge in [0.25, 0.3) is 11.5 Å². The van der Waals surface area contributed by atoms with Crippen molar-refractivity contribution in [2.45, 2.75) is 122 Å². The summed E-state index contributed by atoms with van der Waals surface area (Å²) in [6.07, 6.45) is -8.72. The smallest absolute Gasteiger partial charge is 0.391 e. The van der Waals surface area contributed by atoms with Gasteiger partial charge in [-0.15, -0.1) is 0 Å². The molecule has 1 heterocycles. The van der Waals surface area contributed by atoms with E-state index in [1.54, 1.807) is 50.0 Å². The van der Waals surface area contributed by atoms with Crippen LogP contribution in [0.5, 0.6) is 0 Å². The van der Waals surface area contributed by atoms with Crippen molar-refractivity contribution in [3.05, 3.63) is 68.0 Å². The summed E-state index contributed by atoms with van der Waals surface area (Å²) in [7, 11) is 0. The number of aryl methyl sites for hydroxylation is 1. The number of aliphatic carboxylic acids is 2. The SMILES string of the molecule is Cc1ccccc1C[C@H](NC(=O)[C@H](CCC(=O)O)NC(=O)[C@H](CC(=O)O)NC(=O)c1c[nH]c(=O)[nH]c1=O)C(=O)N[C@H](C(=O)N[C@@H](CC(C)C)C(=O)N[C@H](C=O)CC(F)(F)F)C(C)(C)C. The van der Waals surface area contributed by atoms with Crippen LogP contribution in [0.2, 0.25) is 0 Å². The van der Waals surface area contributed by atoms with Gasteiger partial charge in [0.1, 0.15) is 42.1 Å². The summed E-state index contributed by atoms with van der Waals surface area (Å²) in [6.45, 7) is 9.61. The summed E-state index contributed by atoms with van der Waals surface area (Å²) in [6, 6.07) is -3.71. The fourth-order valence-electron chi connectivity index (χ4n) is 6.09. The van der Waals surface area contributed by atoms with E-state index < -0.39 is 138 Å². The van der Waals surface area contributed by atoms with E-state index in [2.05, 4.69) is 21.3 Å². The van der Waals surface area contributed by atoms with Crippen LogP contribution >= 0.6 is 0 Å². The number of aromatic amines is 2. The zero-order valence-corrected chi connectivity index (χ0v) is 35.8. The van der Waals surface area contributed by atoms with E-state index in [4.69, 9.17) is 0 Å². The van der Waals surface area contributed by atoms with Crippen molar-refractivity contribution in [1.29, 1.82) is 0 Å². The number of hydrogen-bond acceptors (Lipinski definition) is 11. The van der Waals surface area contributed by atoms with Crippen LogP contribution < -0.4 is 43.1 Å². The van der Waals surface area contributed by atoms with Crippen LogP contribution in [-0.4, -0.2) is 116 Å². The number of halogens is 3. The molecule has 0 aliphatic rings. The van der Waals surface area contributed by atoms with Gasteiger partial charge in [0.15, 0.2) is 0 Å². The topological polar surface area (TPSA) is 332 Å². The summed E-state index contributed by atoms with van der Waals surface area (Å²) in [5, 5.41) is 32.6. The second-order valence-corrected chi connectivity index (χ2v) is 16.4. The maximum atomic E-state index is 14.2. The van der Waals surface area contributed by atoms with Crippen molar-refractivity contribution in [1.82, 2.24) is 41.9 Å². The fourth-order valence-corrected chi connectivity index (χ4v) is 6.09. The lowest BCUT2D eigenvalue weighted by Gasteiger charge is -2.34. The number of carboxylic acid groups (broad SMARTS) is 2. The molecule has 10 N–H and O–H groups in total. The van der Waals surface area contributed by atoms with Crippen LogP contribution in [0.4, 0.5) is 13.2 Å². The molecule has 0 aliphatic carbocycles. The molecule has 24 heteroatoms. The van der Waals surface area contributed by atoms with Crippen LogP contribution in [0.15, 0.2) is 40.1 Å². The Kier molecular flexibility index (Phi) is 19.6. The number of nitrogens with one attached hydrogen (secondary N) is 8. The minimum atomic E-state index is -4.81. The van der Waals surface area contributed by atoms with E-state index in [1.807, 2.05) is 15.6 Å². The zero-order valence-electron chi connectivity index (χ0n) is 35.8. The van der Waals surface area contributed by atoms with Crippen LogP contribution in [-0.2, 0) is 44.8 Å². The third kappa shape index (κ3) is 17.8. The zero-order chi connectivity index (χ0) is 48.7. The van der Waals surface area contributed by atoms with Gasteiger partial charge in [-0.2, -0.15) is 13.2 Å². The predicted octanol–water partition coefficient (Wildman–Crippen LogP) is -0.280. The molecule has 0 saturated carbocycles. The Morgan fingerprint density at radius 3 is 1.84 bits per heavy atom. The van der Waals surface area contributed by atoms with E-state index in [0.717, 1.165) is 0 Å². The number of amides is 6. The molecule has 1 aromatic heterocycles. The molecular formula is C40H53F3N8O13. The van der Waals surface area contributed by atoms with E-state index in [1.165, 1.54) is 20.8 Å². The van der Waals surface area contributed by atoms with E-state index in [9.17, 15) is 76.1 Å². The number of carbonyl (C=O) groups is 9. The molecule has 0 bridgehead atoms. The quantitative estimate of drug-likeness (QED) is 0.0643. The number of aldehydes is 1. The Hall–Kier alpha value is -6.88. The maximum Gasteiger partial charge on any atom is 0.391 e. The summed E-state index contributed by atoms with van der Waals surface area (Å²) < 4.78 is 39.1. The van der Waals surface area contributed by atoms with Gasteiger partial charge in [-0.3, -0.25) is 48.1 Å². The van der Waals surface area contributed by atoms with Gasteiger partial charge in [-0.25, -0.2) is 4.79 Å². The minimum absolute atomic E-state index is 0.0925. The van der Waals surface area contributed by atoms with Gasteiger partial charge < -0.3 is 51.9 Å². The molecule has 64 heavy (non-hydrogen) atoms. The number of alkyl halides is 3. The number of hydrogen-bond donors (Lipinski definition) is 10. The van der Waals surface area contributed by atoms with Crippen LogP contribution in [0.1, 0.15) is 88.2 Å². The molecule has 2 rings (SSSR count). The summed E-state index contributed by atoms with van der Waals surface area (Å²) in [5.74, 6) is -10.3. The van der Waals surface area contributed by atoms with Crippen molar-refractivity contribution in [2.24, 2.45) is 11.3 Å². The highest BCUT2D eigenvalue weighted by molar-refractivity contribution is 6.00. The lowest BCUT2D eigenvalue weighted by Crippen LogP contribution is -2.62. The van der Waals surface area contributed by atoms with Gasteiger partial charge in [0.05, 0.1) is 18.9 Å². The van der Waals surface area contributed by atoms with Crippen molar-refractivity contribution >= 4 is 53.7 Å². The van der Waals surface area contributed by atoms with Crippen LogP contribution in [0.3, 0.4) is 0 Å². The Balaban J connectivity index is 2.50. The average Bonchev–Trinajstić information content (AvgIpc) is 3.16. The molecule has 0 spiro atoms. The highest BCUT2D eigenvalue weighted by Gasteiger charge is 2.39. The molecule has 0 saturated heterocycles. The Morgan fingerprint density at radius 1 is 0.750 bits per heavy atom. The number of benzene rings is 1. The molecule has 0 aliphatic heterocycles.